The lowest BCUT2D eigenvalue weighted by atomic mass is 10.3. The number of halogens is 1. The molecular formula is C24H26FN5O3S. The molecule has 34 heavy (non-hydrogen) atoms. The zero-order chi connectivity index (χ0) is 23.9. The maximum absolute atomic E-state index is 13.0. The van der Waals surface area contributed by atoms with Crippen LogP contribution in [0.4, 0.5) is 10.1 Å². The van der Waals surface area contributed by atoms with E-state index in [1.807, 2.05) is 44.8 Å². The van der Waals surface area contributed by atoms with E-state index in [9.17, 15) is 14.0 Å². The van der Waals surface area contributed by atoms with Gasteiger partial charge in [0.05, 0.1) is 19.4 Å². The first-order valence-corrected chi connectivity index (χ1v) is 11.9. The Morgan fingerprint density at radius 1 is 1.06 bits per heavy atom. The lowest BCUT2D eigenvalue weighted by molar-refractivity contribution is -0.130. The zero-order valence-corrected chi connectivity index (χ0v) is 19.6. The summed E-state index contributed by atoms with van der Waals surface area (Å²) in [6.45, 7) is 2.60. The van der Waals surface area contributed by atoms with Crippen LogP contribution in [0, 0.1) is 5.82 Å². The van der Waals surface area contributed by atoms with Gasteiger partial charge >= 0.3 is 0 Å². The Kier molecular flexibility index (Phi) is 7.81. The largest absolute Gasteiger partial charge is 0.497 e. The Hall–Kier alpha value is -3.37. The van der Waals surface area contributed by atoms with Gasteiger partial charge in [0.1, 0.15) is 11.6 Å². The molecule has 0 unspecified atom stereocenters. The van der Waals surface area contributed by atoms with Crippen molar-refractivity contribution in [2.45, 2.75) is 5.16 Å². The molecule has 0 atom stereocenters. The van der Waals surface area contributed by atoms with Crippen LogP contribution in [0.25, 0.3) is 5.69 Å². The highest BCUT2D eigenvalue weighted by Gasteiger charge is 2.23. The topological polar surface area (TPSA) is 79.7 Å². The minimum atomic E-state index is -0.346. The van der Waals surface area contributed by atoms with Gasteiger partial charge < -0.3 is 15.0 Å². The highest BCUT2D eigenvalue weighted by molar-refractivity contribution is 7.99. The number of amides is 2. The lowest BCUT2D eigenvalue weighted by Crippen LogP contribution is -2.50. The number of piperazine rings is 1. The first-order chi connectivity index (χ1) is 16.5. The average molecular weight is 484 g/mol. The first kappa shape index (κ1) is 23.8. The van der Waals surface area contributed by atoms with E-state index in [2.05, 4.69) is 10.3 Å². The molecular weight excluding hydrogens is 457 g/mol. The van der Waals surface area contributed by atoms with E-state index in [0.29, 0.717) is 31.9 Å². The SMILES string of the molecule is COc1ccc(-n2ccnc2SCC(=O)N2CCN(CC(=O)Nc3ccc(F)cc3)CC2)cc1. The van der Waals surface area contributed by atoms with Gasteiger partial charge in [0.15, 0.2) is 5.16 Å². The fourth-order valence-electron chi connectivity index (χ4n) is 3.65. The summed E-state index contributed by atoms with van der Waals surface area (Å²) >= 11 is 1.40. The number of nitrogens with zero attached hydrogens (tertiary/aromatic N) is 4. The molecule has 1 fully saturated rings. The summed E-state index contributed by atoms with van der Waals surface area (Å²) in [6.07, 6.45) is 3.58. The van der Waals surface area contributed by atoms with Crippen LogP contribution in [0.3, 0.4) is 0 Å². The second kappa shape index (κ2) is 11.2. The predicted octanol–water partition coefficient (Wildman–Crippen LogP) is 2.90. The number of ether oxygens (including phenoxy) is 1. The van der Waals surface area contributed by atoms with Crippen molar-refractivity contribution < 1.29 is 18.7 Å². The molecule has 1 aliphatic rings. The van der Waals surface area contributed by atoms with Crippen LogP contribution < -0.4 is 10.1 Å². The summed E-state index contributed by atoms with van der Waals surface area (Å²) in [5.74, 6) is 0.608. The lowest BCUT2D eigenvalue weighted by Gasteiger charge is -2.34. The third-order valence-corrected chi connectivity index (χ3v) is 6.45. The average Bonchev–Trinajstić information content (AvgIpc) is 3.33. The van der Waals surface area contributed by atoms with Crippen molar-refractivity contribution in [2.75, 3.05) is 50.9 Å². The summed E-state index contributed by atoms with van der Waals surface area (Å²) < 4.78 is 20.1. The van der Waals surface area contributed by atoms with E-state index in [1.54, 1.807) is 13.3 Å². The Morgan fingerprint density at radius 3 is 2.44 bits per heavy atom. The van der Waals surface area contributed by atoms with Crippen LogP contribution in [0.2, 0.25) is 0 Å². The minimum absolute atomic E-state index is 0.0460. The molecule has 0 spiro atoms. The molecule has 1 aromatic heterocycles. The van der Waals surface area contributed by atoms with Crippen molar-refractivity contribution in [1.29, 1.82) is 0 Å². The van der Waals surface area contributed by atoms with Crippen molar-refractivity contribution in [3.8, 4) is 11.4 Å². The Bertz CT molecular complexity index is 1110. The standard InChI is InChI=1S/C24H26FN5O3S/c1-33-21-8-6-20(7-9-21)30-11-10-26-24(30)34-17-23(32)29-14-12-28(13-15-29)16-22(31)27-19-4-2-18(25)3-5-19/h2-11H,12-17H2,1H3,(H,27,31). The summed E-state index contributed by atoms with van der Waals surface area (Å²) in [6, 6.07) is 13.3. The van der Waals surface area contributed by atoms with E-state index in [1.165, 1.54) is 36.0 Å². The van der Waals surface area contributed by atoms with Gasteiger partial charge in [-0.2, -0.15) is 0 Å². The fraction of sp³-hybridized carbons (Fsp3) is 0.292. The van der Waals surface area contributed by atoms with Crippen LogP contribution in [-0.2, 0) is 9.59 Å². The van der Waals surface area contributed by atoms with Crippen LogP contribution >= 0.6 is 11.8 Å². The van der Waals surface area contributed by atoms with E-state index in [0.717, 1.165) is 16.6 Å². The number of nitrogens with one attached hydrogen (secondary N) is 1. The molecule has 8 nitrogen and oxygen atoms in total. The van der Waals surface area contributed by atoms with Crippen LogP contribution in [-0.4, -0.2) is 76.8 Å². The number of hydrogen-bond acceptors (Lipinski definition) is 6. The normalized spacial score (nSPS) is 14.1. The highest BCUT2D eigenvalue weighted by atomic mass is 32.2. The monoisotopic (exact) mass is 483 g/mol. The number of rotatable bonds is 8. The first-order valence-electron chi connectivity index (χ1n) is 10.9. The number of benzene rings is 2. The van der Waals surface area contributed by atoms with Gasteiger partial charge in [0.25, 0.3) is 0 Å². The molecule has 4 rings (SSSR count). The Balaban J connectivity index is 1.22. The summed E-state index contributed by atoms with van der Waals surface area (Å²) in [5.41, 5.74) is 1.51. The summed E-state index contributed by atoms with van der Waals surface area (Å²) in [4.78, 5) is 33.2. The molecule has 1 aliphatic heterocycles. The van der Waals surface area contributed by atoms with Gasteiger partial charge in [0.2, 0.25) is 11.8 Å². The predicted molar refractivity (Wildman–Crippen MR) is 129 cm³/mol. The third-order valence-electron chi connectivity index (χ3n) is 5.50. The quantitative estimate of drug-likeness (QED) is 0.497. The van der Waals surface area contributed by atoms with E-state index in [-0.39, 0.29) is 29.9 Å². The molecule has 0 saturated carbocycles. The highest BCUT2D eigenvalue weighted by Crippen LogP contribution is 2.22. The van der Waals surface area contributed by atoms with Crippen molar-refractivity contribution >= 4 is 29.3 Å². The van der Waals surface area contributed by atoms with Gasteiger partial charge in [-0.3, -0.25) is 19.1 Å². The smallest absolute Gasteiger partial charge is 0.238 e. The number of carbonyl (C=O) groups excluding carboxylic acids is 2. The number of anilines is 1. The Morgan fingerprint density at radius 2 is 1.76 bits per heavy atom. The maximum atomic E-state index is 13.0. The van der Waals surface area contributed by atoms with E-state index in [4.69, 9.17) is 4.74 Å². The van der Waals surface area contributed by atoms with Crippen molar-refractivity contribution in [3.05, 3.63) is 66.7 Å². The molecule has 3 aromatic rings. The molecule has 2 heterocycles. The van der Waals surface area contributed by atoms with Gasteiger partial charge in [0, 0.05) is 49.9 Å². The second-order valence-corrected chi connectivity index (χ2v) is 8.72. The zero-order valence-electron chi connectivity index (χ0n) is 18.8. The molecule has 178 valence electrons. The van der Waals surface area contributed by atoms with Crippen molar-refractivity contribution in [1.82, 2.24) is 19.4 Å². The van der Waals surface area contributed by atoms with E-state index >= 15 is 0 Å². The molecule has 1 saturated heterocycles. The van der Waals surface area contributed by atoms with E-state index < -0.39 is 0 Å². The Labute approximate surface area is 201 Å². The number of imidazole rings is 1. The maximum Gasteiger partial charge on any atom is 0.238 e. The fourth-order valence-corrected chi connectivity index (χ4v) is 4.52. The molecule has 0 bridgehead atoms. The molecule has 10 heteroatoms. The molecule has 2 aromatic carbocycles. The van der Waals surface area contributed by atoms with Gasteiger partial charge in [-0.15, -0.1) is 0 Å². The van der Waals surface area contributed by atoms with Crippen LogP contribution in [0.5, 0.6) is 5.75 Å². The van der Waals surface area contributed by atoms with Gasteiger partial charge in [-0.25, -0.2) is 9.37 Å². The van der Waals surface area contributed by atoms with Gasteiger partial charge in [-0.05, 0) is 48.5 Å². The summed E-state index contributed by atoms with van der Waals surface area (Å²) in [5, 5.41) is 3.51. The summed E-state index contributed by atoms with van der Waals surface area (Å²) in [7, 11) is 1.63. The number of thioether (sulfide) groups is 1. The number of methoxy groups -OCH3 is 1. The number of carbonyl (C=O) groups is 2. The van der Waals surface area contributed by atoms with Crippen molar-refractivity contribution in [3.63, 3.8) is 0 Å². The van der Waals surface area contributed by atoms with Crippen molar-refractivity contribution in [2.24, 2.45) is 0 Å². The molecule has 1 N–H and O–H groups in total. The van der Waals surface area contributed by atoms with Crippen LogP contribution in [0.15, 0.2) is 66.1 Å². The minimum Gasteiger partial charge on any atom is -0.497 e. The number of hydrogen-bond donors (Lipinski definition) is 1. The molecule has 0 radical (unpaired) electrons. The molecule has 0 aliphatic carbocycles. The third kappa shape index (κ3) is 6.15. The number of aromatic nitrogens is 2. The second-order valence-electron chi connectivity index (χ2n) is 7.78. The van der Waals surface area contributed by atoms with Crippen LogP contribution in [0.1, 0.15) is 0 Å². The van der Waals surface area contributed by atoms with Gasteiger partial charge in [-0.1, -0.05) is 11.8 Å². The molecule has 2 amide bonds.